The fourth-order valence-electron chi connectivity index (χ4n) is 3.27. The van der Waals surface area contributed by atoms with Gasteiger partial charge in [0, 0.05) is 24.3 Å². The van der Waals surface area contributed by atoms with Crippen LogP contribution in [0.3, 0.4) is 0 Å². The molecule has 0 unspecified atom stereocenters. The highest BCUT2D eigenvalue weighted by Gasteiger charge is 2.18. The van der Waals surface area contributed by atoms with Crippen LogP contribution >= 0.6 is 12.2 Å². The molecular weight excluding hydrogens is 386 g/mol. The molecule has 0 spiro atoms. The highest BCUT2D eigenvalue weighted by atomic mass is 32.1. The highest BCUT2D eigenvalue weighted by Crippen LogP contribution is 2.16. The number of nitrogens with one attached hydrogen (secondary N) is 2. The molecule has 0 aliphatic carbocycles. The van der Waals surface area contributed by atoms with E-state index in [0.717, 1.165) is 37.2 Å². The van der Waals surface area contributed by atoms with Gasteiger partial charge in [0.25, 0.3) is 5.91 Å². The van der Waals surface area contributed by atoms with Gasteiger partial charge >= 0.3 is 0 Å². The van der Waals surface area contributed by atoms with Crippen LogP contribution in [0.2, 0.25) is 0 Å². The normalized spacial score (nSPS) is 13.5. The molecule has 1 aliphatic heterocycles. The van der Waals surface area contributed by atoms with E-state index in [4.69, 9.17) is 17.0 Å². The van der Waals surface area contributed by atoms with Crippen molar-refractivity contribution in [2.75, 3.05) is 25.5 Å². The number of anilines is 1. The molecular formula is C22H25N3O3S. The standard InChI is InChI=1S/C22H25N3O3S/c1-28-19-10-8-16(9-11-19)14-20(26)24-22(29)23-18-7-5-6-17(15-18)21(27)25-12-3-2-4-13-25/h5-11,15H,2-4,12-14H2,1H3,(H2,23,24,26,29). The van der Waals surface area contributed by atoms with Crippen LogP contribution in [0.4, 0.5) is 5.69 Å². The summed E-state index contributed by atoms with van der Waals surface area (Å²) in [4.78, 5) is 26.8. The smallest absolute Gasteiger partial charge is 0.253 e. The van der Waals surface area contributed by atoms with E-state index in [1.807, 2.05) is 35.2 Å². The average molecular weight is 412 g/mol. The van der Waals surface area contributed by atoms with Gasteiger partial charge in [0.15, 0.2) is 5.11 Å². The van der Waals surface area contributed by atoms with E-state index in [9.17, 15) is 9.59 Å². The molecule has 2 amide bonds. The maximum absolute atomic E-state index is 12.7. The van der Waals surface area contributed by atoms with E-state index < -0.39 is 0 Å². The molecule has 0 bridgehead atoms. The van der Waals surface area contributed by atoms with E-state index >= 15 is 0 Å². The maximum Gasteiger partial charge on any atom is 0.253 e. The summed E-state index contributed by atoms with van der Waals surface area (Å²) >= 11 is 5.24. The Kier molecular flexibility index (Phi) is 7.19. The molecule has 0 atom stereocenters. The molecule has 6 nitrogen and oxygen atoms in total. The second kappa shape index (κ2) is 10.0. The minimum Gasteiger partial charge on any atom is -0.497 e. The molecule has 1 fully saturated rings. The third-order valence-corrected chi connectivity index (χ3v) is 4.99. The first-order valence-electron chi connectivity index (χ1n) is 9.68. The van der Waals surface area contributed by atoms with Crippen molar-refractivity contribution in [1.29, 1.82) is 0 Å². The number of methoxy groups -OCH3 is 1. The molecule has 1 saturated heterocycles. The van der Waals surface area contributed by atoms with Gasteiger partial charge in [-0.05, 0) is 67.4 Å². The molecule has 1 aliphatic rings. The molecule has 1 heterocycles. The Bertz CT molecular complexity index is 877. The van der Waals surface area contributed by atoms with Gasteiger partial charge in [-0.25, -0.2) is 0 Å². The lowest BCUT2D eigenvalue weighted by atomic mass is 10.1. The van der Waals surface area contributed by atoms with E-state index in [-0.39, 0.29) is 23.3 Å². The lowest BCUT2D eigenvalue weighted by Crippen LogP contribution is -2.36. The quantitative estimate of drug-likeness (QED) is 0.738. The Hall–Kier alpha value is -2.93. The van der Waals surface area contributed by atoms with Gasteiger partial charge in [-0.3, -0.25) is 9.59 Å². The zero-order valence-corrected chi connectivity index (χ0v) is 17.3. The zero-order chi connectivity index (χ0) is 20.6. The van der Waals surface area contributed by atoms with Crippen molar-refractivity contribution >= 4 is 34.8 Å². The van der Waals surface area contributed by atoms with Gasteiger partial charge < -0.3 is 20.3 Å². The number of ether oxygens (including phenoxy) is 1. The van der Waals surface area contributed by atoms with Crippen LogP contribution in [-0.2, 0) is 11.2 Å². The van der Waals surface area contributed by atoms with Crippen molar-refractivity contribution in [1.82, 2.24) is 10.2 Å². The van der Waals surface area contributed by atoms with Crippen LogP contribution in [0.1, 0.15) is 35.2 Å². The minimum atomic E-state index is -0.215. The minimum absolute atomic E-state index is 0.0304. The number of hydrogen-bond donors (Lipinski definition) is 2. The summed E-state index contributed by atoms with van der Waals surface area (Å²) < 4.78 is 5.11. The summed E-state index contributed by atoms with van der Waals surface area (Å²) in [6, 6.07) is 14.5. The molecule has 7 heteroatoms. The Morgan fingerprint density at radius 3 is 2.48 bits per heavy atom. The SMILES string of the molecule is COc1ccc(CC(=O)NC(=S)Nc2cccc(C(=O)N3CCCCC3)c2)cc1. The summed E-state index contributed by atoms with van der Waals surface area (Å²) in [5.74, 6) is 0.557. The molecule has 2 aromatic carbocycles. The summed E-state index contributed by atoms with van der Waals surface area (Å²) in [6.45, 7) is 1.60. The van der Waals surface area contributed by atoms with E-state index in [1.165, 1.54) is 6.42 Å². The molecule has 2 aromatic rings. The second-order valence-electron chi connectivity index (χ2n) is 6.96. The van der Waals surface area contributed by atoms with Crippen LogP contribution in [0.5, 0.6) is 5.75 Å². The Balaban J connectivity index is 1.54. The lowest BCUT2D eigenvalue weighted by Gasteiger charge is -2.26. The second-order valence-corrected chi connectivity index (χ2v) is 7.37. The number of rotatable bonds is 5. The predicted octanol–water partition coefficient (Wildman–Crippen LogP) is 3.38. The lowest BCUT2D eigenvalue weighted by molar-refractivity contribution is -0.119. The highest BCUT2D eigenvalue weighted by molar-refractivity contribution is 7.80. The summed E-state index contributed by atoms with van der Waals surface area (Å²) in [5.41, 5.74) is 2.15. The fourth-order valence-corrected chi connectivity index (χ4v) is 3.50. The first-order valence-corrected chi connectivity index (χ1v) is 10.1. The zero-order valence-electron chi connectivity index (χ0n) is 16.4. The van der Waals surface area contributed by atoms with Gasteiger partial charge in [-0.1, -0.05) is 18.2 Å². The van der Waals surface area contributed by atoms with E-state index in [2.05, 4.69) is 10.6 Å². The van der Waals surface area contributed by atoms with Crippen LogP contribution in [0.25, 0.3) is 0 Å². The summed E-state index contributed by atoms with van der Waals surface area (Å²) in [7, 11) is 1.60. The number of carbonyl (C=O) groups excluding carboxylic acids is 2. The van der Waals surface area contributed by atoms with Gasteiger partial charge in [0.2, 0.25) is 5.91 Å². The number of carbonyl (C=O) groups is 2. The first-order chi connectivity index (χ1) is 14.0. The first kappa shape index (κ1) is 20.8. The van der Waals surface area contributed by atoms with Crippen LogP contribution in [-0.4, -0.2) is 42.0 Å². The molecule has 0 saturated carbocycles. The fraction of sp³-hybridized carbons (Fsp3) is 0.318. The Morgan fingerprint density at radius 2 is 1.79 bits per heavy atom. The van der Waals surface area contributed by atoms with E-state index in [1.54, 1.807) is 25.3 Å². The average Bonchev–Trinajstić information content (AvgIpc) is 2.74. The van der Waals surface area contributed by atoms with Gasteiger partial charge in [-0.15, -0.1) is 0 Å². The van der Waals surface area contributed by atoms with Gasteiger partial charge in [0.05, 0.1) is 13.5 Å². The van der Waals surface area contributed by atoms with Gasteiger partial charge in [0.1, 0.15) is 5.75 Å². The molecule has 0 aromatic heterocycles. The van der Waals surface area contributed by atoms with Crippen molar-refractivity contribution in [2.24, 2.45) is 0 Å². The molecule has 152 valence electrons. The summed E-state index contributed by atoms with van der Waals surface area (Å²) in [5, 5.41) is 5.86. The van der Waals surface area contributed by atoms with Crippen molar-refractivity contribution in [3.8, 4) is 5.75 Å². The molecule has 0 radical (unpaired) electrons. The number of nitrogens with zero attached hydrogens (tertiary/aromatic N) is 1. The van der Waals surface area contributed by atoms with Gasteiger partial charge in [-0.2, -0.15) is 0 Å². The topological polar surface area (TPSA) is 70.7 Å². The van der Waals surface area contributed by atoms with Crippen molar-refractivity contribution in [2.45, 2.75) is 25.7 Å². The van der Waals surface area contributed by atoms with Crippen LogP contribution in [0, 0.1) is 0 Å². The Morgan fingerprint density at radius 1 is 1.07 bits per heavy atom. The summed E-state index contributed by atoms with van der Waals surface area (Å²) in [6.07, 6.45) is 3.48. The predicted molar refractivity (Wildman–Crippen MR) is 117 cm³/mol. The number of benzene rings is 2. The third kappa shape index (κ3) is 6.02. The van der Waals surface area contributed by atoms with E-state index in [0.29, 0.717) is 11.3 Å². The van der Waals surface area contributed by atoms with Crippen molar-refractivity contribution < 1.29 is 14.3 Å². The number of hydrogen-bond acceptors (Lipinski definition) is 4. The van der Waals surface area contributed by atoms with Crippen molar-refractivity contribution in [3.05, 3.63) is 59.7 Å². The number of likely N-dealkylation sites (tertiary alicyclic amines) is 1. The third-order valence-electron chi connectivity index (χ3n) is 4.79. The van der Waals surface area contributed by atoms with Crippen LogP contribution < -0.4 is 15.4 Å². The Labute approximate surface area is 176 Å². The molecule has 2 N–H and O–H groups in total. The molecule has 3 rings (SSSR count). The number of amides is 2. The number of thiocarbonyl (C=S) groups is 1. The monoisotopic (exact) mass is 411 g/mol. The van der Waals surface area contributed by atoms with Crippen molar-refractivity contribution in [3.63, 3.8) is 0 Å². The van der Waals surface area contributed by atoms with Crippen LogP contribution in [0.15, 0.2) is 48.5 Å². The maximum atomic E-state index is 12.7. The number of piperidine rings is 1. The largest absolute Gasteiger partial charge is 0.497 e. The molecule has 29 heavy (non-hydrogen) atoms.